The number of allylic oxidation sites excluding steroid dienone is 2. The normalized spacial score (nSPS) is 12.9. The van der Waals surface area contributed by atoms with Crippen molar-refractivity contribution in [1.29, 1.82) is 0 Å². The van der Waals surface area contributed by atoms with Crippen molar-refractivity contribution < 1.29 is 34.3 Å². The quantitative estimate of drug-likeness (QED) is 0.0193. The number of rotatable bonds is 58. The summed E-state index contributed by atoms with van der Waals surface area (Å²) in [4.78, 5) is 0. The summed E-state index contributed by atoms with van der Waals surface area (Å²) in [5.74, 6) is 0.0369. The van der Waals surface area contributed by atoms with Gasteiger partial charge in [-0.1, -0.05) is 335 Å². The van der Waals surface area contributed by atoms with E-state index in [4.69, 9.17) is 0 Å². The Hall–Kier alpha value is 0.480. The Morgan fingerprint density at radius 1 is 0.301 bits per heavy atom. The summed E-state index contributed by atoms with van der Waals surface area (Å²) < 4.78 is 74.4. The molecule has 0 N–H and O–H groups in total. The van der Waals surface area contributed by atoms with Gasteiger partial charge in [0.15, 0.2) is 0 Å². The Bertz CT molecular complexity index is 1230. The van der Waals surface area contributed by atoms with Crippen molar-refractivity contribution in [3.8, 4) is 0 Å². The largest absolute Gasteiger partial charge is 2.00 e. The van der Waals surface area contributed by atoms with Gasteiger partial charge in [0.2, 0.25) is 20.8 Å². The molecule has 0 aliphatic carbocycles. The zero-order chi connectivity index (χ0) is 53.2. The van der Waals surface area contributed by atoms with Crippen LogP contribution in [0.3, 0.4) is 0 Å². The first-order chi connectivity index (χ1) is 35.0. The van der Waals surface area contributed by atoms with E-state index in [0.29, 0.717) is 0 Å². The Morgan fingerprint density at radius 3 is 0.671 bits per heavy atom. The summed E-state index contributed by atoms with van der Waals surface area (Å²) in [5, 5.41) is 0. The van der Waals surface area contributed by atoms with Crippen molar-refractivity contribution in [3.05, 3.63) is 24.3 Å². The maximum Gasteiger partial charge on any atom is 2.00 e. The molecule has 0 radical (unpaired) electrons. The molecule has 0 saturated carbocycles. The minimum atomic E-state index is -4.61. The fourth-order valence-corrected chi connectivity index (χ4v) is 10.4. The van der Waals surface area contributed by atoms with Crippen molar-refractivity contribution in [2.45, 2.75) is 349 Å². The molecule has 0 aromatic rings. The van der Waals surface area contributed by atoms with E-state index < -0.39 is 20.8 Å². The molecule has 0 fully saturated rings. The molecule has 0 rings (SSSR count). The molecule has 11 heteroatoms. The molecule has 0 heterocycles. The fourth-order valence-electron chi connectivity index (χ4n) is 9.74. The van der Waals surface area contributed by atoms with Gasteiger partial charge >= 0.3 is 37.7 Å². The molecule has 0 amide bonds. The van der Waals surface area contributed by atoms with Crippen LogP contribution >= 0.6 is 0 Å². The molecule has 0 bridgehead atoms. The Kier molecular flexibility index (Phi) is 67.4. The maximum absolute atomic E-state index is 10.9. The third-order valence-corrected chi connectivity index (χ3v) is 15.3. The second-order valence-electron chi connectivity index (χ2n) is 21.8. The summed E-state index contributed by atoms with van der Waals surface area (Å²) in [6.45, 7) is 9.00. The minimum Gasteiger partial charge on any atom is -0.726 e. The zero-order valence-corrected chi connectivity index (χ0v) is 52.9. The van der Waals surface area contributed by atoms with E-state index in [0.717, 1.165) is 38.5 Å². The van der Waals surface area contributed by atoms with E-state index in [9.17, 15) is 25.9 Å². The van der Waals surface area contributed by atoms with Crippen molar-refractivity contribution >= 4 is 58.5 Å². The SMILES string of the molecule is CCCCCCCCCCCCCCCC/C=C/C(CCCCCCCCCCC)COS(=O)(=O)[O-].CCCCCCCCCCCCCCCC/C=C/C(CCCCCCCCCCC)COS(=O)(=O)[O-].[Ca+2]. The summed E-state index contributed by atoms with van der Waals surface area (Å²) in [5.41, 5.74) is 0. The van der Waals surface area contributed by atoms with Gasteiger partial charge in [-0.2, -0.15) is 0 Å². The Balaban J connectivity index is -0.00000132. The molecule has 0 aromatic carbocycles. The van der Waals surface area contributed by atoms with E-state index in [1.165, 1.54) is 283 Å². The second-order valence-corrected chi connectivity index (χ2v) is 23.9. The number of hydrogen-bond donors (Lipinski definition) is 0. The molecular weight excluding hydrogens is 977 g/mol. The van der Waals surface area contributed by atoms with Gasteiger partial charge in [-0.25, -0.2) is 16.8 Å². The van der Waals surface area contributed by atoms with Crippen LogP contribution in [0, 0.1) is 11.8 Å². The van der Waals surface area contributed by atoms with Gasteiger partial charge < -0.3 is 9.11 Å². The van der Waals surface area contributed by atoms with Crippen molar-refractivity contribution in [2.75, 3.05) is 13.2 Å². The van der Waals surface area contributed by atoms with Crippen LogP contribution in [0.15, 0.2) is 24.3 Å². The zero-order valence-electron chi connectivity index (χ0n) is 49.0. The average Bonchev–Trinajstić information content (AvgIpc) is 3.35. The summed E-state index contributed by atoms with van der Waals surface area (Å²) >= 11 is 0. The fraction of sp³-hybridized carbons (Fsp3) is 0.935. The van der Waals surface area contributed by atoms with E-state index in [-0.39, 0.29) is 62.8 Å². The van der Waals surface area contributed by atoms with Crippen LogP contribution in [0.25, 0.3) is 0 Å². The first-order valence-electron chi connectivity index (χ1n) is 31.5. The smallest absolute Gasteiger partial charge is 0.726 e. The van der Waals surface area contributed by atoms with Crippen molar-refractivity contribution in [2.24, 2.45) is 11.8 Å². The molecule has 0 spiro atoms. The Labute approximate surface area is 487 Å². The first kappa shape index (κ1) is 77.7. The van der Waals surface area contributed by atoms with Gasteiger partial charge in [0.05, 0.1) is 13.2 Å². The third-order valence-electron chi connectivity index (χ3n) is 14.5. The second kappa shape index (κ2) is 63.3. The summed E-state index contributed by atoms with van der Waals surface area (Å²) in [7, 11) is -9.23. The molecule has 0 saturated heterocycles. The molecule has 73 heavy (non-hydrogen) atoms. The van der Waals surface area contributed by atoms with Crippen LogP contribution in [0.4, 0.5) is 0 Å². The summed E-state index contributed by atoms with van der Waals surface area (Å²) in [6.07, 6.45) is 73.3. The van der Waals surface area contributed by atoms with Gasteiger partial charge in [0, 0.05) is 11.8 Å². The van der Waals surface area contributed by atoms with Crippen LogP contribution in [-0.2, 0) is 29.2 Å². The molecule has 0 aliphatic heterocycles. The molecular formula is C62H122CaO8S2. The molecule has 2 unspecified atom stereocenters. The van der Waals surface area contributed by atoms with E-state index >= 15 is 0 Å². The third kappa shape index (κ3) is 72.5. The van der Waals surface area contributed by atoms with Crippen LogP contribution < -0.4 is 0 Å². The predicted molar refractivity (Wildman–Crippen MR) is 316 cm³/mol. The molecule has 0 aliphatic rings. The molecule has 8 nitrogen and oxygen atoms in total. The topological polar surface area (TPSA) is 133 Å². The van der Waals surface area contributed by atoms with Gasteiger partial charge in [-0.05, 0) is 38.5 Å². The van der Waals surface area contributed by atoms with Crippen molar-refractivity contribution in [3.63, 3.8) is 0 Å². The number of unbranched alkanes of at least 4 members (excludes halogenated alkanes) is 44. The molecule has 432 valence electrons. The predicted octanol–water partition coefficient (Wildman–Crippen LogP) is 20.5. The van der Waals surface area contributed by atoms with Crippen molar-refractivity contribution in [1.82, 2.24) is 0 Å². The van der Waals surface area contributed by atoms with Gasteiger partial charge in [0.25, 0.3) is 0 Å². The molecule has 2 atom stereocenters. The first-order valence-corrected chi connectivity index (χ1v) is 34.2. The van der Waals surface area contributed by atoms with Crippen LogP contribution in [-0.4, -0.2) is 76.9 Å². The maximum atomic E-state index is 10.9. The average molecular weight is 1100 g/mol. The van der Waals surface area contributed by atoms with Crippen LogP contribution in [0.5, 0.6) is 0 Å². The minimum absolute atomic E-state index is 0. The van der Waals surface area contributed by atoms with E-state index in [1.54, 1.807) is 0 Å². The van der Waals surface area contributed by atoms with Gasteiger partial charge in [0.1, 0.15) is 0 Å². The van der Waals surface area contributed by atoms with E-state index in [2.05, 4.69) is 60.4 Å². The van der Waals surface area contributed by atoms with Crippen LogP contribution in [0.1, 0.15) is 349 Å². The monoisotopic (exact) mass is 1100 g/mol. The van der Waals surface area contributed by atoms with Gasteiger partial charge in [-0.3, -0.25) is 8.37 Å². The van der Waals surface area contributed by atoms with Crippen LogP contribution in [0.2, 0.25) is 0 Å². The summed E-state index contributed by atoms with van der Waals surface area (Å²) in [6, 6.07) is 0. The number of hydrogen-bond acceptors (Lipinski definition) is 8. The standard InChI is InChI=1S/2C31H62O4S.Ca/c2*1-3-5-7-9-11-13-14-15-16-17-18-19-21-23-25-27-29-31(30-35-36(32,33)34)28-26-24-22-20-12-10-8-6-4-2;/h2*27,29,31H,3-26,28,30H2,1-2H3,(H,32,33,34);/q;;+2/p-2/b2*29-27+;. The molecule has 0 aromatic heterocycles. The van der Waals surface area contributed by atoms with Gasteiger partial charge in [-0.15, -0.1) is 0 Å². The Morgan fingerprint density at radius 2 is 0.479 bits per heavy atom. The van der Waals surface area contributed by atoms with E-state index in [1.807, 2.05) is 0 Å².